The number of hydrogen-bond acceptors (Lipinski definition) is 4. The number of hydrogen-bond donors (Lipinski definition) is 1. The zero-order chi connectivity index (χ0) is 15.2. The lowest BCUT2D eigenvalue weighted by Crippen LogP contribution is -2.39. The van der Waals surface area contributed by atoms with Crippen molar-refractivity contribution in [3.63, 3.8) is 0 Å². The molecule has 1 fully saturated rings. The molecule has 116 valence electrons. The molecule has 2 aromatic heterocycles. The van der Waals surface area contributed by atoms with E-state index < -0.39 is 0 Å². The number of carbonyl (C=O) groups is 1. The van der Waals surface area contributed by atoms with E-state index >= 15 is 0 Å². The van der Waals surface area contributed by atoms with E-state index in [4.69, 9.17) is 4.74 Å². The average Bonchev–Trinajstić information content (AvgIpc) is 3.21. The second-order valence-electron chi connectivity index (χ2n) is 5.27. The van der Waals surface area contributed by atoms with E-state index in [1.165, 1.54) is 4.88 Å². The highest BCUT2D eigenvalue weighted by atomic mass is 32.1. The smallest absolute Gasteiger partial charge is 0.322 e. The molecule has 1 atom stereocenters. The molecule has 0 bridgehead atoms. The van der Waals surface area contributed by atoms with Gasteiger partial charge >= 0.3 is 6.03 Å². The van der Waals surface area contributed by atoms with Crippen LogP contribution < -0.4 is 5.32 Å². The molecular formula is C16H19N3O2S. The summed E-state index contributed by atoms with van der Waals surface area (Å²) in [4.78, 5) is 19.6. The third kappa shape index (κ3) is 4.05. The van der Waals surface area contributed by atoms with Crippen molar-refractivity contribution in [1.29, 1.82) is 0 Å². The number of amides is 2. The molecule has 1 aliphatic heterocycles. The Bertz CT molecular complexity index is 583. The molecule has 0 aromatic carbocycles. The van der Waals surface area contributed by atoms with E-state index in [-0.39, 0.29) is 12.1 Å². The molecule has 1 saturated heterocycles. The highest BCUT2D eigenvalue weighted by molar-refractivity contribution is 7.09. The third-order valence-electron chi connectivity index (χ3n) is 3.57. The zero-order valence-electron chi connectivity index (χ0n) is 12.3. The fourth-order valence-electron chi connectivity index (χ4n) is 2.48. The van der Waals surface area contributed by atoms with Crippen LogP contribution in [0.25, 0.3) is 0 Å². The molecule has 1 N–H and O–H groups in total. The number of aromatic nitrogens is 1. The molecule has 0 radical (unpaired) electrons. The fraction of sp³-hybridized carbons (Fsp3) is 0.375. The highest BCUT2D eigenvalue weighted by Gasteiger charge is 2.23. The van der Waals surface area contributed by atoms with Crippen LogP contribution in [0.15, 0.2) is 42.0 Å². The van der Waals surface area contributed by atoms with Crippen LogP contribution in [0.3, 0.4) is 0 Å². The largest absolute Gasteiger partial charge is 0.376 e. The summed E-state index contributed by atoms with van der Waals surface area (Å²) in [5.41, 5.74) is 0.705. The number of urea groups is 1. The van der Waals surface area contributed by atoms with Gasteiger partial charge in [0.05, 0.1) is 24.5 Å². The minimum atomic E-state index is -0.114. The molecule has 2 amide bonds. The Morgan fingerprint density at radius 1 is 1.45 bits per heavy atom. The molecule has 3 rings (SSSR count). The molecule has 2 aromatic rings. The summed E-state index contributed by atoms with van der Waals surface area (Å²) in [6.45, 7) is 2.01. The number of rotatable bonds is 5. The minimum absolute atomic E-state index is 0.114. The second-order valence-corrected chi connectivity index (χ2v) is 6.30. The van der Waals surface area contributed by atoms with Crippen LogP contribution in [0.1, 0.15) is 17.7 Å². The van der Waals surface area contributed by atoms with E-state index in [2.05, 4.69) is 10.3 Å². The van der Waals surface area contributed by atoms with Gasteiger partial charge in [-0.3, -0.25) is 4.98 Å². The zero-order valence-corrected chi connectivity index (χ0v) is 13.1. The molecule has 5 nitrogen and oxygen atoms in total. The van der Waals surface area contributed by atoms with Crippen molar-refractivity contribution in [2.24, 2.45) is 0 Å². The summed E-state index contributed by atoms with van der Waals surface area (Å²) in [5, 5.41) is 4.93. The van der Waals surface area contributed by atoms with E-state index in [1.807, 2.05) is 28.5 Å². The number of carbonyl (C=O) groups excluding carboxylic acids is 1. The Kier molecular flexibility index (Phi) is 5.03. The van der Waals surface area contributed by atoms with E-state index in [1.54, 1.807) is 29.8 Å². The summed E-state index contributed by atoms with van der Waals surface area (Å²) in [6.07, 6.45) is 5.56. The summed E-state index contributed by atoms with van der Waals surface area (Å²) >= 11 is 1.66. The van der Waals surface area contributed by atoms with Crippen molar-refractivity contribution in [3.05, 3.63) is 46.9 Å². The first kappa shape index (κ1) is 15.0. The number of ether oxygens (including phenoxy) is 1. The third-order valence-corrected chi connectivity index (χ3v) is 4.44. The summed E-state index contributed by atoms with van der Waals surface area (Å²) < 4.78 is 5.67. The van der Waals surface area contributed by atoms with Crippen molar-refractivity contribution in [2.45, 2.75) is 25.5 Å². The van der Waals surface area contributed by atoms with Crippen LogP contribution in [0.4, 0.5) is 10.5 Å². The normalized spacial score (nSPS) is 17.4. The topological polar surface area (TPSA) is 54.5 Å². The van der Waals surface area contributed by atoms with Gasteiger partial charge < -0.3 is 15.0 Å². The van der Waals surface area contributed by atoms with Crippen molar-refractivity contribution in [3.8, 4) is 0 Å². The van der Waals surface area contributed by atoms with Gasteiger partial charge in [0, 0.05) is 24.2 Å². The van der Waals surface area contributed by atoms with E-state index in [0.29, 0.717) is 18.8 Å². The fourth-order valence-corrected chi connectivity index (χ4v) is 3.20. The van der Waals surface area contributed by atoms with Gasteiger partial charge in [-0.15, -0.1) is 11.3 Å². The van der Waals surface area contributed by atoms with Crippen LogP contribution in [0.2, 0.25) is 0 Å². The Labute approximate surface area is 133 Å². The molecule has 6 heteroatoms. The van der Waals surface area contributed by atoms with Gasteiger partial charge in [0.15, 0.2) is 0 Å². The first-order valence-corrected chi connectivity index (χ1v) is 8.29. The molecule has 0 aliphatic carbocycles. The van der Waals surface area contributed by atoms with Crippen LogP contribution in [-0.4, -0.2) is 35.2 Å². The highest BCUT2D eigenvalue weighted by Crippen LogP contribution is 2.18. The SMILES string of the molecule is O=C(Nc1cccnc1)N(Cc1cccs1)C[C@@H]1CCCO1. The maximum Gasteiger partial charge on any atom is 0.322 e. The summed E-state index contributed by atoms with van der Waals surface area (Å²) in [6, 6.07) is 7.57. The van der Waals surface area contributed by atoms with Crippen LogP contribution in [0, 0.1) is 0 Å². The summed E-state index contributed by atoms with van der Waals surface area (Å²) in [5.74, 6) is 0. The average molecular weight is 317 g/mol. The molecule has 3 heterocycles. The lowest BCUT2D eigenvalue weighted by molar-refractivity contribution is 0.0821. The molecule has 0 unspecified atom stereocenters. The van der Waals surface area contributed by atoms with Crippen LogP contribution in [0.5, 0.6) is 0 Å². The number of nitrogens with one attached hydrogen (secondary N) is 1. The predicted octanol–water partition coefficient (Wildman–Crippen LogP) is 3.36. The molecule has 0 spiro atoms. The van der Waals surface area contributed by atoms with Gasteiger partial charge in [0.2, 0.25) is 0 Å². The maximum absolute atomic E-state index is 12.6. The monoisotopic (exact) mass is 317 g/mol. The number of anilines is 1. The lowest BCUT2D eigenvalue weighted by Gasteiger charge is -2.25. The first-order valence-electron chi connectivity index (χ1n) is 7.41. The predicted molar refractivity (Wildman–Crippen MR) is 87.0 cm³/mol. The van der Waals surface area contributed by atoms with Crippen molar-refractivity contribution in [1.82, 2.24) is 9.88 Å². The van der Waals surface area contributed by atoms with Gasteiger partial charge in [-0.05, 0) is 36.4 Å². The molecule has 22 heavy (non-hydrogen) atoms. The number of pyridine rings is 1. The molecular weight excluding hydrogens is 298 g/mol. The molecule has 0 saturated carbocycles. The minimum Gasteiger partial charge on any atom is -0.376 e. The van der Waals surface area contributed by atoms with Gasteiger partial charge in [0.1, 0.15) is 0 Å². The standard InChI is InChI=1S/C16H19N3O2S/c20-16(18-13-4-1-7-17-10-13)19(11-14-5-2-8-21-14)12-15-6-3-9-22-15/h1,3-4,6-7,9-10,14H,2,5,8,11-12H2,(H,18,20)/t14-/m0/s1. The first-order chi connectivity index (χ1) is 10.8. The Balaban J connectivity index is 1.67. The number of nitrogens with zero attached hydrogens (tertiary/aromatic N) is 2. The van der Waals surface area contributed by atoms with Gasteiger partial charge in [0.25, 0.3) is 0 Å². The van der Waals surface area contributed by atoms with Gasteiger partial charge in [-0.25, -0.2) is 4.79 Å². The van der Waals surface area contributed by atoms with E-state index in [0.717, 1.165) is 19.4 Å². The Morgan fingerprint density at radius 3 is 3.09 bits per heavy atom. The Morgan fingerprint density at radius 2 is 2.41 bits per heavy atom. The van der Waals surface area contributed by atoms with Crippen LogP contribution in [-0.2, 0) is 11.3 Å². The number of thiophene rings is 1. The van der Waals surface area contributed by atoms with Crippen molar-refractivity contribution in [2.75, 3.05) is 18.5 Å². The van der Waals surface area contributed by atoms with Gasteiger partial charge in [-0.2, -0.15) is 0 Å². The van der Waals surface area contributed by atoms with Crippen molar-refractivity contribution >= 4 is 23.1 Å². The van der Waals surface area contributed by atoms with Crippen molar-refractivity contribution < 1.29 is 9.53 Å². The molecule has 1 aliphatic rings. The summed E-state index contributed by atoms with van der Waals surface area (Å²) in [7, 11) is 0. The van der Waals surface area contributed by atoms with E-state index in [9.17, 15) is 4.79 Å². The maximum atomic E-state index is 12.6. The Hall–Kier alpha value is -1.92. The lowest BCUT2D eigenvalue weighted by atomic mass is 10.2. The second kappa shape index (κ2) is 7.38. The van der Waals surface area contributed by atoms with Gasteiger partial charge in [-0.1, -0.05) is 6.07 Å². The van der Waals surface area contributed by atoms with Crippen LogP contribution >= 0.6 is 11.3 Å². The quantitative estimate of drug-likeness (QED) is 0.920.